The maximum atomic E-state index is 12.3. The summed E-state index contributed by atoms with van der Waals surface area (Å²) in [7, 11) is -3.77. The van der Waals surface area contributed by atoms with Crippen molar-refractivity contribution in [3.8, 4) is 0 Å². The van der Waals surface area contributed by atoms with Crippen LogP contribution in [0.15, 0.2) is 17.0 Å². The first-order valence-corrected chi connectivity index (χ1v) is 8.37. The van der Waals surface area contributed by atoms with Gasteiger partial charge in [0.15, 0.2) is 0 Å². The monoisotopic (exact) mass is 339 g/mol. The van der Waals surface area contributed by atoms with E-state index in [1.165, 1.54) is 12.1 Å². The normalized spacial score (nSPS) is 20.1. The van der Waals surface area contributed by atoms with E-state index in [9.17, 15) is 13.5 Å². The highest BCUT2D eigenvalue weighted by Crippen LogP contribution is 2.31. The molecule has 8 heteroatoms. The molecular formula is C12H15Cl2NO4S. The number of hydrogen-bond acceptors (Lipinski definition) is 4. The average Bonchev–Trinajstić information content (AvgIpc) is 2.39. The topological polar surface area (TPSA) is 75.6 Å². The Kier molecular flexibility index (Phi) is 5.28. The first-order valence-electron chi connectivity index (χ1n) is 6.13. The second-order valence-corrected chi connectivity index (χ2v) is 7.00. The van der Waals surface area contributed by atoms with E-state index in [1.54, 1.807) is 0 Å². The largest absolute Gasteiger partial charge is 0.392 e. The highest BCUT2D eigenvalue weighted by molar-refractivity contribution is 7.89. The number of nitrogens with one attached hydrogen (secondary N) is 1. The van der Waals surface area contributed by atoms with E-state index in [4.69, 9.17) is 27.9 Å². The molecule has 5 nitrogen and oxygen atoms in total. The number of rotatable bonds is 4. The van der Waals surface area contributed by atoms with Crippen molar-refractivity contribution in [3.63, 3.8) is 0 Å². The Balaban J connectivity index is 2.29. The minimum Gasteiger partial charge on any atom is -0.392 e. The Morgan fingerprint density at radius 2 is 2.15 bits per heavy atom. The van der Waals surface area contributed by atoms with Gasteiger partial charge in [0.05, 0.1) is 18.2 Å². The summed E-state index contributed by atoms with van der Waals surface area (Å²) in [4.78, 5) is -0.0850. The van der Waals surface area contributed by atoms with Crippen LogP contribution in [0.1, 0.15) is 18.4 Å². The molecule has 0 spiro atoms. The van der Waals surface area contributed by atoms with Crippen molar-refractivity contribution in [2.45, 2.75) is 30.4 Å². The minimum absolute atomic E-state index is 0.0516. The van der Waals surface area contributed by atoms with Crippen molar-refractivity contribution in [2.24, 2.45) is 0 Å². The van der Waals surface area contributed by atoms with Crippen molar-refractivity contribution in [3.05, 3.63) is 27.7 Å². The van der Waals surface area contributed by atoms with Crippen molar-refractivity contribution < 1.29 is 18.3 Å². The fourth-order valence-corrected chi connectivity index (χ4v) is 4.20. The third-order valence-corrected chi connectivity index (χ3v) is 5.54. The zero-order chi connectivity index (χ0) is 14.8. The van der Waals surface area contributed by atoms with Crippen LogP contribution in [-0.2, 0) is 21.4 Å². The predicted molar refractivity (Wildman–Crippen MR) is 76.5 cm³/mol. The minimum atomic E-state index is -3.77. The van der Waals surface area contributed by atoms with Crippen LogP contribution in [0.4, 0.5) is 0 Å². The number of aliphatic hydroxyl groups is 1. The maximum Gasteiger partial charge on any atom is 0.242 e. The number of halogens is 2. The molecular weight excluding hydrogens is 325 g/mol. The SMILES string of the molecule is O=S(=O)(NC1CCCOC1)c1ccc(Cl)c(CO)c1Cl. The van der Waals surface area contributed by atoms with Gasteiger partial charge in [-0.2, -0.15) is 0 Å². The van der Waals surface area contributed by atoms with Gasteiger partial charge in [-0.25, -0.2) is 13.1 Å². The van der Waals surface area contributed by atoms with E-state index in [1.807, 2.05) is 0 Å². The van der Waals surface area contributed by atoms with Gasteiger partial charge in [-0.3, -0.25) is 0 Å². The van der Waals surface area contributed by atoms with Gasteiger partial charge in [-0.15, -0.1) is 0 Å². The number of sulfonamides is 1. The van der Waals surface area contributed by atoms with Crippen molar-refractivity contribution in [1.29, 1.82) is 0 Å². The lowest BCUT2D eigenvalue weighted by Gasteiger charge is -2.23. The Bertz CT molecular complexity index is 585. The molecule has 1 heterocycles. The Morgan fingerprint density at radius 3 is 2.75 bits per heavy atom. The fraction of sp³-hybridized carbons (Fsp3) is 0.500. The zero-order valence-corrected chi connectivity index (χ0v) is 12.9. The summed E-state index contributed by atoms with van der Waals surface area (Å²) < 4.78 is 32.4. The quantitative estimate of drug-likeness (QED) is 0.878. The van der Waals surface area contributed by atoms with Crippen molar-refractivity contribution in [1.82, 2.24) is 4.72 Å². The lowest BCUT2D eigenvalue weighted by atomic mass is 10.1. The fourth-order valence-electron chi connectivity index (χ4n) is 2.05. The molecule has 0 bridgehead atoms. The van der Waals surface area contributed by atoms with Gasteiger partial charge in [0.1, 0.15) is 4.90 Å². The molecule has 0 amide bonds. The summed E-state index contributed by atoms with van der Waals surface area (Å²) >= 11 is 11.9. The van der Waals surface area contributed by atoms with Crippen LogP contribution in [0.5, 0.6) is 0 Å². The second-order valence-electron chi connectivity index (χ2n) is 4.53. The first kappa shape index (κ1) is 16.0. The van der Waals surface area contributed by atoms with Gasteiger partial charge < -0.3 is 9.84 Å². The molecule has 0 aliphatic carbocycles. The van der Waals surface area contributed by atoms with Crippen LogP contribution >= 0.6 is 23.2 Å². The van der Waals surface area contributed by atoms with E-state index in [0.29, 0.717) is 13.2 Å². The Labute approximate surface area is 127 Å². The molecule has 0 saturated carbocycles. The molecule has 112 valence electrons. The molecule has 1 fully saturated rings. The third-order valence-electron chi connectivity index (χ3n) is 3.08. The smallest absolute Gasteiger partial charge is 0.242 e. The van der Waals surface area contributed by atoms with E-state index in [-0.39, 0.29) is 26.5 Å². The molecule has 2 rings (SSSR count). The van der Waals surface area contributed by atoms with Crippen molar-refractivity contribution >= 4 is 33.2 Å². The van der Waals surface area contributed by atoms with E-state index >= 15 is 0 Å². The van der Waals surface area contributed by atoms with Crippen molar-refractivity contribution in [2.75, 3.05) is 13.2 Å². The molecule has 0 radical (unpaired) electrons. The zero-order valence-electron chi connectivity index (χ0n) is 10.6. The lowest BCUT2D eigenvalue weighted by Crippen LogP contribution is -2.40. The molecule has 0 aromatic heterocycles. The molecule has 1 saturated heterocycles. The van der Waals surface area contributed by atoms with E-state index in [0.717, 1.165) is 12.8 Å². The Hall–Kier alpha value is -0.370. The average molecular weight is 340 g/mol. The standard InChI is InChI=1S/C12H15Cl2NO4S/c13-10-3-4-11(12(14)9(10)6-16)20(17,18)15-8-2-1-5-19-7-8/h3-4,8,15-16H,1-2,5-7H2. The molecule has 1 atom stereocenters. The van der Waals surface area contributed by atoms with Crippen LogP contribution in [0.25, 0.3) is 0 Å². The number of hydrogen-bond donors (Lipinski definition) is 2. The summed E-state index contributed by atoms with van der Waals surface area (Å²) in [5, 5.41) is 9.39. The summed E-state index contributed by atoms with van der Waals surface area (Å²) in [6.07, 6.45) is 1.53. The molecule has 20 heavy (non-hydrogen) atoms. The third kappa shape index (κ3) is 3.44. The van der Waals surface area contributed by atoms with E-state index in [2.05, 4.69) is 4.72 Å². The molecule has 1 aliphatic heterocycles. The molecule has 1 aromatic rings. The highest BCUT2D eigenvalue weighted by Gasteiger charge is 2.25. The first-order chi connectivity index (χ1) is 9.45. The van der Waals surface area contributed by atoms with Crippen LogP contribution in [0.2, 0.25) is 10.0 Å². The number of benzene rings is 1. The summed E-state index contributed by atoms with van der Waals surface area (Å²) in [6.45, 7) is 0.569. The van der Waals surface area contributed by atoms with Crippen LogP contribution < -0.4 is 4.72 Å². The Morgan fingerprint density at radius 1 is 1.40 bits per heavy atom. The number of aliphatic hydroxyl groups excluding tert-OH is 1. The van der Waals surface area contributed by atoms with Crippen LogP contribution in [-0.4, -0.2) is 32.8 Å². The molecule has 1 unspecified atom stereocenters. The van der Waals surface area contributed by atoms with Gasteiger partial charge in [0, 0.05) is 23.2 Å². The van der Waals surface area contributed by atoms with Gasteiger partial charge in [-0.1, -0.05) is 23.2 Å². The second kappa shape index (κ2) is 6.60. The van der Waals surface area contributed by atoms with Gasteiger partial charge in [0.2, 0.25) is 10.0 Å². The summed E-state index contributed by atoms with van der Waals surface area (Å²) in [6, 6.07) is 2.47. The molecule has 2 N–H and O–H groups in total. The van der Waals surface area contributed by atoms with Crippen LogP contribution in [0.3, 0.4) is 0 Å². The van der Waals surface area contributed by atoms with E-state index < -0.39 is 16.6 Å². The van der Waals surface area contributed by atoms with Gasteiger partial charge >= 0.3 is 0 Å². The number of ether oxygens (including phenoxy) is 1. The van der Waals surface area contributed by atoms with Gasteiger partial charge in [0.25, 0.3) is 0 Å². The highest BCUT2D eigenvalue weighted by atomic mass is 35.5. The van der Waals surface area contributed by atoms with Gasteiger partial charge in [-0.05, 0) is 25.0 Å². The maximum absolute atomic E-state index is 12.3. The lowest BCUT2D eigenvalue weighted by molar-refractivity contribution is 0.0774. The molecule has 1 aliphatic rings. The molecule has 1 aromatic carbocycles. The predicted octanol–water partition coefficient (Wildman–Crippen LogP) is 1.94. The summed E-state index contributed by atoms with van der Waals surface area (Å²) in [5.41, 5.74) is 0.205. The summed E-state index contributed by atoms with van der Waals surface area (Å²) in [5.74, 6) is 0. The van der Waals surface area contributed by atoms with Crippen LogP contribution in [0, 0.1) is 0 Å².